The van der Waals surface area contributed by atoms with Gasteiger partial charge in [0.25, 0.3) is 0 Å². The SMILES string of the molecule is Cc1csc(CNC2CCc3c(O)cccc32)n1. The Balaban J connectivity index is 1.71. The second kappa shape index (κ2) is 4.71. The van der Waals surface area contributed by atoms with Crippen LogP contribution in [0.1, 0.15) is 34.3 Å². The molecule has 3 rings (SSSR count). The van der Waals surface area contributed by atoms with E-state index >= 15 is 0 Å². The molecular formula is C14H16N2OS. The van der Waals surface area contributed by atoms with Crippen LogP contribution in [0.5, 0.6) is 5.75 Å². The second-order valence-corrected chi connectivity index (χ2v) is 5.64. The largest absolute Gasteiger partial charge is 0.508 e. The smallest absolute Gasteiger partial charge is 0.119 e. The minimum absolute atomic E-state index is 0.344. The Morgan fingerprint density at radius 1 is 1.50 bits per heavy atom. The molecule has 2 N–H and O–H groups in total. The number of nitrogens with one attached hydrogen (secondary N) is 1. The van der Waals surface area contributed by atoms with E-state index in [4.69, 9.17) is 0 Å². The van der Waals surface area contributed by atoms with Gasteiger partial charge in [0.1, 0.15) is 10.8 Å². The van der Waals surface area contributed by atoms with Crippen molar-refractivity contribution >= 4 is 11.3 Å². The quantitative estimate of drug-likeness (QED) is 0.892. The molecule has 0 fully saturated rings. The highest BCUT2D eigenvalue weighted by Gasteiger charge is 2.24. The summed E-state index contributed by atoms with van der Waals surface area (Å²) < 4.78 is 0. The Hall–Kier alpha value is -1.39. The van der Waals surface area contributed by atoms with Crippen molar-refractivity contribution in [2.24, 2.45) is 0 Å². The van der Waals surface area contributed by atoms with Gasteiger partial charge in [0.15, 0.2) is 0 Å². The number of phenolic OH excluding ortho intramolecular Hbond substituents is 1. The summed E-state index contributed by atoms with van der Waals surface area (Å²) in [6.07, 6.45) is 2.01. The molecule has 94 valence electrons. The van der Waals surface area contributed by atoms with Gasteiger partial charge in [0.05, 0.1) is 0 Å². The van der Waals surface area contributed by atoms with Crippen molar-refractivity contribution in [1.82, 2.24) is 10.3 Å². The van der Waals surface area contributed by atoms with Crippen molar-refractivity contribution < 1.29 is 5.11 Å². The number of rotatable bonds is 3. The van der Waals surface area contributed by atoms with Crippen LogP contribution in [0.4, 0.5) is 0 Å². The zero-order valence-electron chi connectivity index (χ0n) is 10.3. The summed E-state index contributed by atoms with van der Waals surface area (Å²) >= 11 is 1.69. The molecule has 1 heterocycles. The van der Waals surface area contributed by atoms with E-state index < -0.39 is 0 Å². The predicted molar refractivity (Wildman–Crippen MR) is 72.9 cm³/mol. The maximum Gasteiger partial charge on any atom is 0.119 e. The summed E-state index contributed by atoms with van der Waals surface area (Å²) in [4.78, 5) is 4.45. The lowest BCUT2D eigenvalue weighted by atomic mass is 10.1. The number of nitrogens with zero attached hydrogens (tertiary/aromatic N) is 1. The third-order valence-corrected chi connectivity index (χ3v) is 4.38. The molecule has 0 saturated carbocycles. The molecule has 0 amide bonds. The van der Waals surface area contributed by atoms with Gasteiger partial charge in [-0.3, -0.25) is 0 Å². The molecule has 0 aliphatic heterocycles. The van der Waals surface area contributed by atoms with Crippen molar-refractivity contribution in [1.29, 1.82) is 0 Å². The maximum atomic E-state index is 9.80. The first-order valence-electron chi connectivity index (χ1n) is 6.19. The lowest BCUT2D eigenvalue weighted by molar-refractivity contribution is 0.469. The Labute approximate surface area is 111 Å². The fourth-order valence-electron chi connectivity index (χ4n) is 2.54. The summed E-state index contributed by atoms with van der Waals surface area (Å²) in [7, 11) is 0. The average molecular weight is 260 g/mol. The summed E-state index contributed by atoms with van der Waals surface area (Å²) in [6, 6.07) is 6.14. The monoisotopic (exact) mass is 260 g/mol. The van der Waals surface area contributed by atoms with Crippen molar-refractivity contribution in [3.63, 3.8) is 0 Å². The van der Waals surface area contributed by atoms with Crippen LogP contribution in [-0.2, 0) is 13.0 Å². The number of hydrogen-bond donors (Lipinski definition) is 2. The van der Waals surface area contributed by atoms with Gasteiger partial charge in [0.2, 0.25) is 0 Å². The normalized spacial score (nSPS) is 17.9. The van der Waals surface area contributed by atoms with Gasteiger partial charge in [-0.05, 0) is 37.0 Å². The van der Waals surface area contributed by atoms with E-state index in [1.165, 1.54) is 5.56 Å². The average Bonchev–Trinajstić information content (AvgIpc) is 2.94. The van der Waals surface area contributed by atoms with Gasteiger partial charge in [0, 0.05) is 23.7 Å². The van der Waals surface area contributed by atoms with E-state index in [0.29, 0.717) is 11.8 Å². The van der Waals surface area contributed by atoms with Crippen molar-refractivity contribution in [3.05, 3.63) is 45.4 Å². The number of fused-ring (bicyclic) bond motifs is 1. The third kappa shape index (κ3) is 2.13. The van der Waals surface area contributed by atoms with E-state index in [1.807, 2.05) is 13.0 Å². The number of aromatic nitrogens is 1. The van der Waals surface area contributed by atoms with E-state index in [0.717, 1.165) is 35.7 Å². The van der Waals surface area contributed by atoms with Gasteiger partial charge in [-0.25, -0.2) is 4.98 Å². The van der Waals surface area contributed by atoms with Crippen molar-refractivity contribution in [2.45, 2.75) is 32.4 Å². The van der Waals surface area contributed by atoms with Gasteiger partial charge in [-0.2, -0.15) is 0 Å². The lowest BCUT2D eigenvalue weighted by Gasteiger charge is -2.13. The Morgan fingerprint density at radius 3 is 3.17 bits per heavy atom. The van der Waals surface area contributed by atoms with E-state index in [9.17, 15) is 5.11 Å². The van der Waals surface area contributed by atoms with Crippen LogP contribution in [0.15, 0.2) is 23.6 Å². The Morgan fingerprint density at radius 2 is 2.39 bits per heavy atom. The van der Waals surface area contributed by atoms with Crippen molar-refractivity contribution in [2.75, 3.05) is 0 Å². The number of hydrogen-bond acceptors (Lipinski definition) is 4. The van der Waals surface area contributed by atoms with Crippen LogP contribution in [-0.4, -0.2) is 10.1 Å². The molecule has 1 atom stereocenters. The van der Waals surface area contributed by atoms with Gasteiger partial charge in [-0.15, -0.1) is 11.3 Å². The molecule has 1 aliphatic rings. The Kier molecular flexibility index (Phi) is 3.06. The van der Waals surface area contributed by atoms with Crippen LogP contribution in [0, 0.1) is 6.92 Å². The number of phenols is 1. The maximum absolute atomic E-state index is 9.80. The lowest BCUT2D eigenvalue weighted by Crippen LogP contribution is -2.18. The minimum atomic E-state index is 0.344. The molecule has 0 spiro atoms. The molecule has 4 heteroatoms. The first kappa shape index (κ1) is 11.7. The van der Waals surface area contributed by atoms with Gasteiger partial charge >= 0.3 is 0 Å². The molecule has 0 bridgehead atoms. The molecule has 3 nitrogen and oxygen atoms in total. The van der Waals surface area contributed by atoms with E-state index in [2.05, 4.69) is 21.7 Å². The van der Waals surface area contributed by atoms with Crippen LogP contribution in [0.2, 0.25) is 0 Å². The summed E-state index contributed by atoms with van der Waals surface area (Å²) in [5.41, 5.74) is 3.43. The molecule has 0 radical (unpaired) electrons. The topological polar surface area (TPSA) is 45.1 Å². The molecule has 1 aromatic carbocycles. The van der Waals surface area contributed by atoms with Crippen LogP contribution in [0.25, 0.3) is 0 Å². The highest BCUT2D eigenvalue weighted by atomic mass is 32.1. The first-order valence-corrected chi connectivity index (χ1v) is 7.07. The molecule has 1 unspecified atom stereocenters. The fraction of sp³-hybridized carbons (Fsp3) is 0.357. The molecular weight excluding hydrogens is 244 g/mol. The highest BCUT2D eigenvalue weighted by molar-refractivity contribution is 7.09. The first-order chi connectivity index (χ1) is 8.74. The van der Waals surface area contributed by atoms with E-state index in [1.54, 1.807) is 17.4 Å². The minimum Gasteiger partial charge on any atom is -0.508 e. The van der Waals surface area contributed by atoms with Gasteiger partial charge in [-0.1, -0.05) is 12.1 Å². The van der Waals surface area contributed by atoms with E-state index in [-0.39, 0.29) is 0 Å². The predicted octanol–water partition coefficient (Wildman–Crippen LogP) is 2.93. The molecule has 1 aliphatic carbocycles. The summed E-state index contributed by atoms with van der Waals surface area (Å²) in [5.74, 6) is 0.432. The zero-order chi connectivity index (χ0) is 12.5. The molecule has 0 saturated heterocycles. The second-order valence-electron chi connectivity index (χ2n) is 4.70. The third-order valence-electron chi connectivity index (χ3n) is 3.41. The molecule has 1 aromatic heterocycles. The fourth-order valence-corrected chi connectivity index (χ4v) is 3.26. The number of aromatic hydroxyl groups is 1. The standard InChI is InChI=1S/C14H16N2OS/c1-9-8-18-14(16-9)7-15-12-6-5-11-10(12)3-2-4-13(11)17/h2-4,8,12,15,17H,5-7H2,1H3. The molecule has 18 heavy (non-hydrogen) atoms. The summed E-state index contributed by atoms with van der Waals surface area (Å²) in [5, 5.41) is 16.5. The number of benzene rings is 1. The number of thiazole rings is 1. The zero-order valence-corrected chi connectivity index (χ0v) is 11.1. The Bertz CT molecular complexity index is 565. The molecule has 2 aromatic rings. The highest BCUT2D eigenvalue weighted by Crippen LogP contribution is 2.36. The summed E-state index contributed by atoms with van der Waals surface area (Å²) in [6.45, 7) is 2.82. The van der Waals surface area contributed by atoms with Crippen LogP contribution < -0.4 is 5.32 Å². The number of aryl methyl sites for hydroxylation is 1. The van der Waals surface area contributed by atoms with Crippen LogP contribution in [0.3, 0.4) is 0 Å². The van der Waals surface area contributed by atoms with Crippen LogP contribution >= 0.6 is 11.3 Å². The van der Waals surface area contributed by atoms with Gasteiger partial charge < -0.3 is 10.4 Å². The van der Waals surface area contributed by atoms with Crippen molar-refractivity contribution in [3.8, 4) is 5.75 Å².